The topological polar surface area (TPSA) is 53.5 Å². The second kappa shape index (κ2) is 8.57. The summed E-state index contributed by atoms with van der Waals surface area (Å²) < 4.78 is 5.50. The van der Waals surface area contributed by atoms with Gasteiger partial charge in [0, 0.05) is 37.9 Å². The summed E-state index contributed by atoms with van der Waals surface area (Å²) in [7, 11) is 0. The minimum absolute atomic E-state index is 0.778. The van der Waals surface area contributed by atoms with Crippen molar-refractivity contribution < 1.29 is 4.74 Å². The molecule has 0 aliphatic carbocycles. The van der Waals surface area contributed by atoms with Gasteiger partial charge in [0.05, 0.1) is 24.6 Å². The fourth-order valence-electron chi connectivity index (χ4n) is 3.83. The lowest BCUT2D eigenvalue weighted by atomic mass is 10.2. The van der Waals surface area contributed by atoms with E-state index in [0.717, 1.165) is 62.5 Å². The first kappa shape index (κ1) is 18.0. The molecule has 1 N–H and O–H groups in total. The van der Waals surface area contributed by atoms with Crippen LogP contribution in [0.4, 0.5) is 23.1 Å². The molecule has 0 amide bonds. The standard InChI is InChI=1S/C21H29N5O/c1-17-16-20(24-21(22-17)26-10-6-2-3-7-11-26)23-18-8-4-5-9-19(18)25-12-14-27-15-13-25/h4-5,8-9,16H,2-3,6-7,10-15H2,1H3,(H,22,23,24). The molecular formula is C21H29N5O. The summed E-state index contributed by atoms with van der Waals surface area (Å²) in [4.78, 5) is 14.2. The molecule has 2 aliphatic heterocycles. The van der Waals surface area contributed by atoms with Gasteiger partial charge in [-0.3, -0.25) is 0 Å². The molecule has 0 atom stereocenters. The van der Waals surface area contributed by atoms with Gasteiger partial charge in [0.2, 0.25) is 5.95 Å². The normalized spacial score (nSPS) is 18.3. The number of hydrogen-bond acceptors (Lipinski definition) is 6. The fraction of sp³-hybridized carbons (Fsp3) is 0.524. The Kier molecular flexibility index (Phi) is 5.72. The molecular weight excluding hydrogens is 338 g/mol. The molecule has 27 heavy (non-hydrogen) atoms. The van der Waals surface area contributed by atoms with Gasteiger partial charge in [-0.25, -0.2) is 4.98 Å². The Balaban J connectivity index is 1.57. The number of ether oxygens (including phenoxy) is 1. The van der Waals surface area contributed by atoms with Crippen LogP contribution in [-0.4, -0.2) is 49.4 Å². The molecule has 3 heterocycles. The molecule has 6 heteroatoms. The highest BCUT2D eigenvalue weighted by molar-refractivity contribution is 5.74. The maximum absolute atomic E-state index is 5.50. The van der Waals surface area contributed by atoms with Gasteiger partial charge in [-0.1, -0.05) is 25.0 Å². The third kappa shape index (κ3) is 4.50. The maximum Gasteiger partial charge on any atom is 0.227 e. The second-order valence-electron chi connectivity index (χ2n) is 7.34. The van der Waals surface area contributed by atoms with Crippen molar-refractivity contribution >= 4 is 23.1 Å². The smallest absolute Gasteiger partial charge is 0.227 e. The summed E-state index contributed by atoms with van der Waals surface area (Å²) in [5, 5.41) is 3.55. The van der Waals surface area contributed by atoms with Gasteiger partial charge in [0.1, 0.15) is 5.82 Å². The Labute approximate surface area is 161 Å². The van der Waals surface area contributed by atoms with Crippen molar-refractivity contribution in [2.24, 2.45) is 0 Å². The molecule has 2 fully saturated rings. The van der Waals surface area contributed by atoms with Crippen LogP contribution in [-0.2, 0) is 4.74 Å². The van der Waals surface area contributed by atoms with E-state index in [1.54, 1.807) is 0 Å². The highest BCUT2D eigenvalue weighted by atomic mass is 16.5. The van der Waals surface area contributed by atoms with Gasteiger partial charge in [-0.15, -0.1) is 0 Å². The molecule has 2 aliphatic rings. The van der Waals surface area contributed by atoms with Crippen LogP contribution >= 0.6 is 0 Å². The van der Waals surface area contributed by atoms with Crippen LogP contribution in [0, 0.1) is 6.92 Å². The van der Waals surface area contributed by atoms with Gasteiger partial charge in [0.25, 0.3) is 0 Å². The van der Waals surface area contributed by atoms with Crippen LogP contribution in [0.2, 0.25) is 0 Å². The molecule has 0 saturated carbocycles. The maximum atomic E-state index is 5.50. The van der Waals surface area contributed by atoms with Crippen molar-refractivity contribution in [3.63, 3.8) is 0 Å². The van der Waals surface area contributed by atoms with Crippen molar-refractivity contribution in [2.75, 3.05) is 54.5 Å². The highest BCUT2D eigenvalue weighted by Gasteiger charge is 2.17. The number of para-hydroxylation sites is 2. The predicted octanol–water partition coefficient (Wildman–Crippen LogP) is 3.75. The summed E-state index contributed by atoms with van der Waals surface area (Å²) >= 11 is 0. The molecule has 0 unspecified atom stereocenters. The van der Waals surface area contributed by atoms with E-state index in [4.69, 9.17) is 14.7 Å². The number of aromatic nitrogens is 2. The van der Waals surface area contributed by atoms with Crippen LogP contribution in [0.25, 0.3) is 0 Å². The molecule has 2 aromatic rings. The molecule has 0 bridgehead atoms. The molecule has 2 saturated heterocycles. The average molecular weight is 367 g/mol. The Hall–Kier alpha value is -2.34. The number of nitrogens with one attached hydrogen (secondary N) is 1. The minimum Gasteiger partial charge on any atom is -0.378 e. The molecule has 0 spiro atoms. The number of rotatable bonds is 4. The van der Waals surface area contributed by atoms with E-state index in [9.17, 15) is 0 Å². The zero-order valence-electron chi connectivity index (χ0n) is 16.2. The third-order valence-corrected chi connectivity index (χ3v) is 5.25. The van der Waals surface area contributed by atoms with E-state index < -0.39 is 0 Å². The number of nitrogens with zero attached hydrogens (tertiary/aromatic N) is 4. The van der Waals surface area contributed by atoms with E-state index in [1.165, 1.54) is 31.4 Å². The second-order valence-corrected chi connectivity index (χ2v) is 7.34. The zero-order valence-corrected chi connectivity index (χ0v) is 16.2. The van der Waals surface area contributed by atoms with Crippen LogP contribution in [0.3, 0.4) is 0 Å². The Bertz CT molecular complexity index is 752. The zero-order chi connectivity index (χ0) is 18.5. The van der Waals surface area contributed by atoms with Crippen molar-refractivity contribution in [3.8, 4) is 0 Å². The van der Waals surface area contributed by atoms with Crippen LogP contribution < -0.4 is 15.1 Å². The lowest BCUT2D eigenvalue weighted by Crippen LogP contribution is -2.36. The first-order chi connectivity index (χ1) is 13.3. The number of anilines is 4. The molecule has 1 aromatic carbocycles. The fourth-order valence-corrected chi connectivity index (χ4v) is 3.83. The summed E-state index contributed by atoms with van der Waals surface area (Å²) in [6.07, 6.45) is 5.06. The van der Waals surface area contributed by atoms with E-state index >= 15 is 0 Å². The molecule has 4 rings (SSSR count). The van der Waals surface area contributed by atoms with E-state index in [0.29, 0.717) is 0 Å². The van der Waals surface area contributed by atoms with Crippen molar-refractivity contribution in [2.45, 2.75) is 32.6 Å². The van der Waals surface area contributed by atoms with Gasteiger partial charge in [-0.05, 0) is 31.9 Å². The summed E-state index contributed by atoms with van der Waals surface area (Å²) in [5.74, 6) is 1.71. The summed E-state index contributed by atoms with van der Waals surface area (Å²) in [6, 6.07) is 10.5. The number of benzene rings is 1. The average Bonchev–Trinajstić information content (AvgIpc) is 2.98. The lowest BCUT2D eigenvalue weighted by Gasteiger charge is -2.30. The van der Waals surface area contributed by atoms with Gasteiger partial charge in [0.15, 0.2) is 0 Å². The number of aryl methyl sites for hydroxylation is 1. The monoisotopic (exact) mass is 367 g/mol. The van der Waals surface area contributed by atoms with Crippen molar-refractivity contribution in [1.82, 2.24) is 9.97 Å². The first-order valence-electron chi connectivity index (χ1n) is 10.1. The van der Waals surface area contributed by atoms with E-state index in [-0.39, 0.29) is 0 Å². The first-order valence-corrected chi connectivity index (χ1v) is 10.1. The number of hydrogen-bond donors (Lipinski definition) is 1. The summed E-state index contributed by atoms with van der Waals surface area (Å²) in [6.45, 7) is 7.53. The van der Waals surface area contributed by atoms with Crippen LogP contribution in [0.15, 0.2) is 30.3 Å². The Morgan fingerprint density at radius 3 is 2.41 bits per heavy atom. The molecule has 6 nitrogen and oxygen atoms in total. The Morgan fingerprint density at radius 2 is 1.63 bits per heavy atom. The Morgan fingerprint density at radius 1 is 0.889 bits per heavy atom. The predicted molar refractivity (Wildman–Crippen MR) is 110 cm³/mol. The van der Waals surface area contributed by atoms with Crippen molar-refractivity contribution in [3.05, 3.63) is 36.0 Å². The SMILES string of the molecule is Cc1cc(Nc2ccccc2N2CCOCC2)nc(N2CCCCCC2)n1. The van der Waals surface area contributed by atoms with Crippen LogP contribution in [0.5, 0.6) is 0 Å². The molecule has 1 aromatic heterocycles. The van der Waals surface area contributed by atoms with E-state index in [2.05, 4.69) is 39.4 Å². The van der Waals surface area contributed by atoms with Crippen LogP contribution in [0.1, 0.15) is 31.4 Å². The highest BCUT2D eigenvalue weighted by Crippen LogP contribution is 2.29. The lowest BCUT2D eigenvalue weighted by molar-refractivity contribution is 0.123. The molecule has 0 radical (unpaired) electrons. The van der Waals surface area contributed by atoms with Gasteiger partial charge < -0.3 is 19.9 Å². The quantitative estimate of drug-likeness (QED) is 0.888. The summed E-state index contributed by atoms with van der Waals surface area (Å²) in [5.41, 5.74) is 3.28. The molecule has 144 valence electrons. The largest absolute Gasteiger partial charge is 0.378 e. The van der Waals surface area contributed by atoms with Gasteiger partial charge in [-0.2, -0.15) is 4.98 Å². The van der Waals surface area contributed by atoms with Gasteiger partial charge >= 0.3 is 0 Å². The van der Waals surface area contributed by atoms with Crippen molar-refractivity contribution in [1.29, 1.82) is 0 Å². The third-order valence-electron chi connectivity index (χ3n) is 5.25. The number of morpholine rings is 1. The van der Waals surface area contributed by atoms with E-state index in [1.807, 2.05) is 13.0 Å². The minimum atomic E-state index is 0.778.